The molecule has 0 spiro atoms. The van der Waals surface area contributed by atoms with E-state index in [4.69, 9.17) is 0 Å². The number of benzene rings is 1. The van der Waals surface area contributed by atoms with Crippen molar-refractivity contribution in [1.82, 2.24) is 14.6 Å². The molecule has 5 rings (SSSR count). The maximum atomic E-state index is 13.4. The van der Waals surface area contributed by atoms with Crippen LogP contribution in [0.5, 0.6) is 0 Å². The Morgan fingerprint density at radius 1 is 1.29 bits per heavy atom. The van der Waals surface area contributed by atoms with Crippen molar-refractivity contribution < 1.29 is 26.8 Å². The average Bonchev–Trinajstić information content (AvgIpc) is 3.44. The normalized spacial score (nSPS) is 20.5. The standard InChI is InChI=1S/C23H26F2N4O4S2/c1-11-20(34-22(26-11)27-13(3)30)15-6-16-10-29(12(2)14-4-5-14)21(31)19(16)18(7-15)35(32,33)28-17-8-23(24,25)9-17/h6-7,12,14,17,28H,4-5,8-10H2,1-3H3,(H,26,27,30). The predicted octanol–water partition coefficient (Wildman–Crippen LogP) is 3.91. The van der Waals surface area contributed by atoms with Gasteiger partial charge in [0.25, 0.3) is 11.8 Å². The van der Waals surface area contributed by atoms with Gasteiger partial charge in [-0.05, 0) is 55.9 Å². The zero-order valence-corrected chi connectivity index (χ0v) is 21.2. The number of aryl methyl sites for hydroxylation is 1. The lowest BCUT2D eigenvalue weighted by molar-refractivity contribution is -0.114. The molecule has 0 radical (unpaired) electrons. The molecule has 1 atom stereocenters. The van der Waals surface area contributed by atoms with Crippen molar-refractivity contribution >= 4 is 38.3 Å². The van der Waals surface area contributed by atoms with Crippen LogP contribution < -0.4 is 10.0 Å². The van der Waals surface area contributed by atoms with E-state index in [1.54, 1.807) is 17.9 Å². The summed E-state index contributed by atoms with van der Waals surface area (Å²) in [5.41, 5.74) is 1.82. The second kappa shape index (κ2) is 8.31. The van der Waals surface area contributed by atoms with Gasteiger partial charge < -0.3 is 10.2 Å². The summed E-state index contributed by atoms with van der Waals surface area (Å²) >= 11 is 1.20. The van der Waals surface area contributed by atoms with Crippen LogP contribution in [0.1, 0.15) is 61.1 Å². The highest BCUT2D eigenvalue weighted by molar-refractivity contribution is 7.89. The number of halogens is 2. The first kappa shape index (κ1) is 24.3. The molecule has 35 heavy (non-hydrogen) atoms. The molecule has 2 heterocycles. The van der Waals surface area contributed by atoms with Crippen molar-refractivity contribution in [2.75, 3.05) is 5.32 Å². The summed E-state index contributed by atoms with van der Waals surface area (Å²) < 4.78 is 55.9. The van der Waals surface area contributed by atoms with E-state index < -0.39 is 34.8 Å². The van der Waals surface area contributed by atoms with Crippen molar-refractivity contribution in [1.29, 1.82) is 0 Å². The fraction of sp³-hybridized carbons (Fsp3) is 0.522. The molecule has 2 saturated carbocycles. The number of sulfonamides is 1. The van der Waals surface area contributed by atoms with Gasteiger partial charge in [-0.2, -0.15) is 0 Å². The maximum Gasteiger partial charge on any atom is 0.256 e. The molecule has 2 aromatic rings. The molecular formula is C23H26F2N4O4S2. The van der Waals surface area contributed by atoms with Crippen LogP contribution in [0.3, 0.4) is 0 Å². The third kappa shape index (κ3) is 4.58. The molecule has 188 valence electrons. The fourth-order valence-electron chi connectivity index (χ4n) is 4.84. The number of thiazole rings is 1. The van der Waals surface area contributed by atoms with Crippen LogP contribution >= 0.6 is 11.3 Å². The summed E-state index contributed by atoms with van der Waals surface area (Å²) in [7, 11) is -4.25. The van der Waals surface area contributed by atoms with E-state index in [9.17, 15) is 26.8 Å². The lowest BCUT2D eigenvalue weighted by Crippen LogP contribution is -2.50. The van der Waals surface area contributed by atoms with Gasteiger partial charge in [0.05, 0.1) is 21.0 Å². The molecule has 2 fully saturated rings. The van der Waals surface area contributed by atoms with Crippen LogP contribution in [0.2, 0.25) is 0 Å². The lowest BCUT2D eigenvalue weighted by Gasteiger charge is -2.35. The van der Waals surface area contributed by atoms with Gasteiger partial charge in [-0.25, -0.2) is 26.9 Å². The van der Waals surface area contributed by atoms with Gasteiger partial charge in [-0.1, -0.05) is 11.3 Å². The Bertz CT molecular complexity index is 1330. The van der Waals surface area contributed by atoms with Crippen molar-refractivity contribution in [3.8, 4) is 10.4 Å². The zero-order valence-electron chi connectivity index (χ0n) is 19.5. The predicted molar refractivity (Wildman–Crippen MR) is 127 cm³/mol. The van der Waals surface area contributed by atoms with Gasteiger partial charge in [0.15, 0.2) is 5.13 Å². The number of nitrogens with one attached hydrogen (secondary N) is 2. The van der Waals surface area contributed by atoms with E-state index in [2.05, 4.69) is 15.0 Å². The van der Waals surface area contributed by atoms with E-state index in [1.165, 1.54) is 24.3 Å². The van der Waals surface area contributed by atoms with Crippen molar-refractivity contribution in [3.63, 3.8) is 0 Å². The molecule has 0 bridgehead atoms. The molecule has 1 aromatic carbocycles. The SMILES string of the molecule is CC(=O)Nc1nc(C)c(-c2cc3c(c(S(=O)(=O)NC4CC(F)(F)C4)c2)C(=O)N(C(C)C2CC2)C3)s1. The van der Waals surface area contributed by atoms with Crippen LogP contribution in [-0.4, -0.2) is 48.1 Å². The minimum Gasteiger partial charge on any atom is -0.331 e. The van der Waals surface area contributed by atoms with E-state index in [0.29, 0.717) is 32.7 Å². The van der Waals surface area contributed by atoms with Crippen LogP contribution in [0.15, 0.2) is 17.0 Å². The average molecular weight is 525 g/mol. The summed E-state index contributed by atoms with van der Waals surface area (Å²) in [6.07, 6.45) is 0.921. The number of rotatable bonds is 7. The number of carbonyl (C=O) groups excluding carboxylic acids is 2. The molecule has 1 aliphatic heterocycles. The summed E-state index contributed by atoms with van der Waals surface area (Å²) in [5.74, 6) is -3.12. The molecule has 2 amide bonds. The highest BCUT2D eigenvalue weighted by Gasteiger charge is 2.48. The number of alkyl halides is 2. The van der Waals surface area contributed by atoms with E-state index >= 15 is 0 Å². The van der Waals surface area contributed by atoms with Crippen LogP contribution in [0.4, 0.5) is 13.9 Å². The maximum absolute atomic E-state index is 13.4. The smallest absolute Gasteiger partial charge is 0.256 e. The van der Waals surface area contributed by atoms with E-state index in [-0.39, 0.29) is 34.9 Å². The topological polar surface area (TPSA) is 108 Å². The number of carbonyl (C=O) groups is 2. The second-order valence-corrected chi connectivity index (χ2v) is 12.4. The molecule has 2 aliphatic carbocycles. The molecule has 1 unspecified atom stereocenters. The van der Waals surface area contributed by atoms with E-state index in [0.717, 1.165) is 12.8 Å². The zero-order chi connectivity index (χ0) is 25.3. The van der Waals surface area contributed by atoms with Crippen LogP contribution in [0.25, 0.3) is 10.4 Å². The van der Waals surface area contributed by atoms with Gasteiger partial charge in [-0.15, -0.1) is 0 Å². The Labute approximate surface area is 206 Å². The highest BCUT2D eigenvalue weighted by atomic mass is 32.2. The van der Waals surface area contributed by atoms with Gasteiger partial charge in [-0.3, -0.25) is 9.59 Å². The summed E-state index contributed by atoms with van der Waals surface area (Å²) in [6.45, 7) is 5.37. The molecule has 1 aromatic heterocycles. The Morgan fingerprint density at radius 3 is 2.57 bits per heavy atom. The minimum absolute atomic E-state index is 0.0244. The number of amides is 2. The van der Waals surface area contributed by atoms with Gasteiger partial charge in [0, 0.05) is 38.4 Å². The summed E-state index contributed by atoms with van der Waals surface area (Å²) in [6, 6.07) is 2.30. The molecular weight excluding hydrogens is 498 g/mol. The fourth-order valence-corrected chi connectivity index (χ4v) is 7.34. The van der Waals surface area contributed by atoms with Gasteiger partial charge >= 0.3 is 0 Å². The molecule has 3 aliphatic rings. The number of hydrogen-bond acceptors (Lipinski definition) is 6. The third-order valence-electron chi connectivity index (χ3n) is 6.84. The summed E-state index contributed by atoms with van der Waals surface area (Å²) in [4.78, 5) is 31.4. The quantitative estimate of drug-likeness (QED) is 0.571. The monoisotopic (exact) mass is 524 g/mol. The first-order valence-corrected chi connectivity index (χ1v) is 13.8. The summed E-state index contributed by atoms with van der Waals surface area (Å²) in [5, 5.41) is 3.01. The van der Waals surface area contributed by atoms with Crippen LogP contribution in [0, 0.1) is 12.8 Å². The first-order valence-electron chi connectivity index (χ1n) is 11.5. The molecule has 2 N–H and O–H groups in total. The number of nitrogens with zero attached hydrogens (tertiary/aromatic N) is 2. The molecule has 8 nitrogen and oxygen atoms in total. The Kier molecular flexibility index (Phi) is 5.76. The Hall–Kier alpha value is -2.44. The van der Waals surface area contributed by atoms with Gasteiger partial charge in [0.2, 0.25) is 15.9 Å². The van der Waals surface area contributed by atoms with E-state index in [1.807, 2.05) is 6.92 Å². The number of aromatic nitrogens is 1. The first-order chi connectivity index (χ1) is 16.3. The minimum atomic E-state index is -4.25. The van der Waals surface area contributed by atoms with Crippen LogP contribution in [-0.2, 0) is 21.4 Å². The van der Waals surface area contributed by atoms with Gasteiger partial charge in [0.1, 0.15) is 0 Å². The number of hydrogen-bond donors (Lipinski definition) is 2. The Morgan fingerprint density at radius 2 is 1.97 bits per heavy atom. The highest BCUT2D eigenvalue weighted by Crippen LogP contribution is 2.43. The largest absolute Gasteiger partial charge is 0.331 e. The lowest BCUT2D eigenvalue weighted by atomic mass is 9.89. The van der Waals surface area contributed by atoms with Crippen molar-refractivity contribution in [3.05, 3.63) is 29.0 Å². The van der Waals surface area contributed by atoms with Crippen molar-refractivity contribution in [2.24, 2.45) is 5.92 Å². The number of fused-ring (bicyclic) bond motifs is 1. The van der Waals surface area contributed by atoms with Crippen molar-refractivity contribution in [2.45, 2.75) is 75.9 Å². The molecule has 0 saturated heterocycles. The number of anilines is 1. The molecule has 12 heteroatoms. The Balaban J connectivity index is 1.57. The second-order valence-electron chi connectivity index (χ2n) is 9.72. The third-order valence-corrected chi connectivity index (χ3v) is 9.50.